The number of rotatable bonds is 6. The van der Waals surface area contributed by atoms with Crippen LogP contribution in [-0.2, 0) is 19.1 Å². The van der Waals surface area contributed by atoms with Crippen molar-refractivity contribution in [1.29, 1.82) is 0 Å². The maximum Gasteiger partial charge on any atom is 0.311 e. The lowest BCUT2D eigenvalue weighted by atomic mass is 10.1. The van der Waals surface area contributed by atoms with Gasteiger partial charge in [0.15, 0.2) is 6.61 Å². The molecule has 28 heavy (non-hydrogen) atoms. The van der Waals surface area contributed by atoms with E-state index in [0.717, 1.165) is 11.3 Å². The topological polar surface area (TPSA) is 66.9 Å². The van der Waals surface area contributed by atoms with E-state index in [1.807, 2.05) is 55.5 Å². The molecule has 6 heteroatoms. The minimum atomic E-state index is -0.548. The molecule has 0 radical (unpaired) electrons. The summed E-state index contributed by atoms with van der Waals surface area (Å²) in [4.78, 5) is 40.2. The van der Waals surface area contributed by atoms with Crippen molar-refractivity contribution >= 4 is 23.5 Å². The predicted molar refractivity (Wildman–Crippen MR) is 105 cm³/mol. The number of hydrogen-bond acceptors (Lipinski definition) is 4. The number of ether oxygens (including phenoxy) is 1. The number of likely N-dealkylation sites (N-methyl/N-ethyl adjacent to an activating group) is 1. The molecule has 1 aliphatic rings. The van der Waals surface area contributed by atoms with Gasteiger partial charge in [-0.15, -0.1) is 0 Å². The molecule has 2 amide bonds. The van der Waals surface area contributed by atoms with Gasteiger partial charge in [-0.1, -0.05) is 48.5 Å². The third-order valence-corrected chi connectivity index (χ3v) is 5.10. The Morgan fingerprint density at radius 2 is 1.71 bits per heavy atom. The number of hydrogen-bond donors (Lipinski definition) is 0. The molecule has 0 spiro atoms. The summed E-state index contributed by atoms with van der Waals surface area (Å²) in [5.41, 5.74) is 1.74. The molecule has 0 bridgehead atoms. The monoisotopic (exact) mass is 380 g/mol. The van der Waals surface area contributed by atoms with Gasteiger partial charge >= 0.3 is 5.97 Å². The molecule has 3 rings (SSSR count). The highest BCUT2D eigenvalue weighted by Gasteiger charge is 2.38. The molecule has 2 atom stereocenters. The zero-order valence-corrected chi connectivity index (χ0v) is 16.1. The number of nitrogens with zero attached hydrogens (tertiary/aromatic N) is 2. The van der Waals surface area contributed by atoms with Gasteiger partial charge in [-0.05, 0) is 24.6 Å². The summed E-state index contributed by atoms with van der Waals surface area (Å²) < 4.78 is 5.20. The quantitative estimate of drug-likeness (QED) is 0.723. The van der Waals surface area contributed by atoms with Gasteiger partial charge in [0.05, 0.1) is 12.0 Å². The van der Waals surface area contributed by atoms with Crippen molar-refractivity contribution in [2.24, 2.45) is 5.92 Å². The molecular formula is C22H24N2O4. The zero-order chi connectivity index (χ0) is 20.1. The van der Waals surface area contributed by atoms with Crippen molar-refractivity contribution < 1.29 is 19.1 Å². The average Bonchev–Trinajstić information content (AvgIpc) is 3.13. The summed E-state index contributed by atoms with van der Waals surface area (Å²) in [6.45, 7) is 1.90. The van der Waals surface area contributed by atoms with Crippen LogP contribution in [0.15, 0.2) is 60.7 Å². The fourth-order valence-corrected chi connectivity index (χ4v) is 3.32. The molecule has 0 saturated carbocycles. The molecule has 2 aromatic rings. The minimum absolute atomic E-state index is 0.0777. The molecule has 2 aromatic carbocycles. The van der Waals surface area contributed by atoms with Crippen molar-refractivity contribution in [3.05, 3.63) is 66.2 Å². The molecule has 0 N–H and O–H groups in total. The molecule has 0 unspecified atom stereocenters. The molecule has 1 saturated heterocycles. The highest BCUT2D eigenvalue weighted by Crippen LogP contribution is 2.29. The number of anilines is 1. The summed E-state index contributed by atoms with van der Waals surface area (Å²) in [5.74, 6) is -1.45. The average molecular weight is 380 g/mol. The van der Waals surface area contributed by atoms with Gasteiger partial charge in [-0.3, -0.25) is 14.4 Å². The zero-order valence-electron chi connectivity index (χ0n) is 16.1. The summed E-state index contributed by atoms with van der Waals surface area (Å²) in [7, 11) is 1.63. The minimum Gasteiger partial charge on any atom is -0.455 e. The molecule has 146 valence electrons. The second-order valence-corrected chi connectivity index (χ2v) is 6.93. The van der Waals surface area contributed by atoms with Crippen LogP contribution in [0, 0.1) is 5.92 Å². The molecule has 0 aromatic heterocycles. The van der Waals surface area contributed by atoms with Crippen LogP contribution in [0.1, 0.15) is 24.9 Å². The van der Waals surface area contributed by atoms with Gasteiger partial charge in [0.25, 0.3) is 5.91 Å². The van der Waals surface area contributed by atoms with Crippen molar-refractivity contribution in [3.8, 4) is 0 Å². The highest BCUT2D eigenvalue weighted by atomic mass is 16.5. The van der Waals surface area contributed by atoms with Crippen LogP contribution in [0.3, 0.4) is 0 Å². The van der Waals surface area contributed by atoms with Crippen LogP contribution in [-0.4, -0.2) is 42.9 Å². The number of amides is 2. The number of benzene rings is 2. The van der Waals surface area contributed by atoms with E-state index in [1.54, 1.807) is 24.1 Å². The lowest BCUT2D eigenvalue weighted by Gasteiger charge is -2.25. The second-order valence-electron chi connectivity index (χ2n) is 6.93. The van der Waals surface area contributed by atoms with Gasteiger partial charge < -0.3 is 14.5 Å². The van der Waals surface area contributed by atoms with Crippen molar-refractivity contribution in [3.63, 3.8) is 0 Å². The van der Waals surface area contributed by atoms with E-state index in [2.05, 4.69) is 0 Å². The Kier molecular flexibility index (Phi) is 6.09. The maximum absolute atomic E-state index is 12.4. The predicted octanol–water partition coefficient (Wildman–Crippen LogP) is 2.80. The van der Waals surface area contributed by atoms with Gasteiger partial charge in [0.1, 0.15) is 0 Å². The smallest absolute Gasteiger partial charge is 0.311 e. The Bertz CT molecular complexity index is 838. The van der Waals surface area contributed by atoms with E-state index in [-0.39, 0.29) is 30.9 Å². The SMILES string of the molecule is C[C@@H](c1ccccc1)N1C[C@@H](C(=O)OCC(=O)N(C)c2ccccc2)CC1=O. The van der Waals surface area contributed by atoms with E-state index in [9.17, 15) is 14.4 Å². The summed E-state index contributed by atoms with van der Waals surface area (Å²) >= 11 is 0. The third-order valence-electron chi connectivity index (χ3n) is 5.10. The second kappa shape index (κ2) is 8.69. The first-order chi connectivity index (χ1) is 13.5. The van der Waals surface area contributed by atoms with Crippen LogP contribution in [0.2, 0.25) is 0 Å². The van der Waals surface area contributed by atoms with E-state index < -0.39 is 11.9 Å². The first kappa shape index (κ1) is 19.6. The summed E-state index contributed by atoms with van der Waals surface area (Å²) in [6.07, 6.45) is 0.110. The van der Waals surface area contributed by atoms with Gasteiger partial charge in [0, 0.05) is 25.7 Å². The Balaban J connectivity index is 1.54. The fourth-order valence-electron chi connectivity index (χ4n) is 3.32. The van der Waals surface area contributed by atoms with Crippen LogP contribution in [0.4, 0.5) is 5.69 Å². The first-order valence-electron chi connectivity index (χ1n) is 9.30. The number of esters is 1. The van der Waals surface area contributed by atoms with Crippen LogP contribution >= 0.6 is 0 Å². The van der Waals surface area contributed by atoms with Gasteiger partial charge in [-0.2, -0.15) is 0 Å². The number of para-hydroxylation sites is 1. The Labute approximate surface area is 164 Å². The largest absolute Gasteiger partial charge is 0.455 e. The van der Waals surface area contributed by atoms with E-state index in [4.69, 9.17) is 4.74 Å². The van der Waals surface area contributed by atoms with Crippen LogP contribution < -0.4 is 4.90 Å². The molecule has 1 heterocycles. The first-order valence-corrected chi connectivity index (χ1v) is 9.30. The van der Waals surface area contributed by atoms with Crippen molar-refractivity contribution in [2.75, 3.05) is 25.1 Å². The maximum atomic E-state index is 12.4. The summed E-state index contributed by atoms with van der Waals surface area (Å²) in [5, 5.41) is 0. The van der Waals surface area contributed by atoms with Crippen molar-refractivity contribution in [1.82, 2.24) is 4.90 Å². The van der Waals surface area contributed by atoms with E-state index in [1.165, 1.54) is 4.90 Å². The Morgan fingerprint density at radius 1 is 1.11 bits per heavy atom. The van der Waals surface area contributed by atoms with E-state index in [0.29, 0.717) is 6.54 Å². The lowest BCUT2D eigenvalue weighted by molar-refractivity contribution is -0.151. The highest BCUT2D eigenvalue weighted by molar-refractivity contribution is 5.95. The molecule has 6 nitrogen and oxygen atoms in total. The normalized spacial score (nSPS) is 17.3. The number of carbonyl (C=O) groups excluding carboxylic acids is 3. The lowest BCUT2D eigenvalue weighted by Crippen LogP contribution is -2.33. The molecule has 1 aliphatic heterocycles. The number of carbonyl (C=O) groups is 3. The third kappa shape index (κ3) is 4.39. The fraction of sp³-hybridized carbons (Fsp3) is 0.318. The summed E-state index contributed by atoms with van der Waals surface area (Å²) in [6, 6.07) is 18.7. The van der Waals surface area contributed by atoms with Gasteiger partial charge in [-0.25, -0.2) is 0 Å². The van der Waals surface area contributed by atoms with Gasteiger partial charge in [0.2, 0.25) is 5.91 Å². The van der Waals surface area contributed by atoms with E-state index >= 15 is 0 Å². The molecule has 0 aliphatic carbocycles. The Hall–Kier alpha value is -3.15. The van der Waals surface area contributed by atoms with Crippen LogP contribution in [0.25, 0.3) is 0 Å². The molecule has 1 fully saturated rings. The van der Waals surface area contributed by atoms with Crippen LogP contribution in [0.5, 0.6) is 0 Å². The standard InChI is InChI=1S/C22H24N2O4/c1-16(17-9-5-3-6-10-17)24-14-18(13-20(24)25)22(27)28-15-21(26)23(2)19-11-7-4-8-12-19/h3-12,16,18H,13-15H2,1-2H3/t16-,18-/m0/s1. The molecular weight excluding hydrogens is 356 g/mol. The Morgan fingerprint density at radius 3 is 2.36 bits per heavy atom. The number of likely N-dealkylation sites (tertiary alicyclic amines) is 1. The van der Waals surface area contributed by atoms with Crippen molar-refractivity contribution in [2.45, 2.75) is 19.4 Å².